The Bertz CT molecular complexity index is 550. The normalized spacial score (nSPS) is 21.6. The summed E-state index contributed by atoms with van der Waals surface area (Å²) in [5.74, 6) is 0.839. The van der Waals surface area contributed by atoms with Gasteiger partial charge in [0.25, 0.3) is 0 Å². The number of aliphatic hydroxyl groups is 1. The van der Waals surface area contributed by atoms with Crippen molar-refractivity contribution in [3.05, 3.63) is 30.1 Å². The first-order valence-electron chi connectivity index (χ1n) is 9.56. The molecule has 1 aromatic rings. The molecular weight excluding hydrogens is 314 g/mol. The second-order valence-electron chi connectivity index (χ2n) is 7.29. The highest BCUT2D eigenvalue weighted by molar-refractivity contribution is 5.80. The summed E-state index contributed by atoms with van der Waals surface area (Å²) in [4.78, 5) is 11.5. The minimum absolute atomic E-state index is 0.439. The number of aromatic nitrogens is 1. The smallest absolute Gasteiger partial charge is 0.191 e. The monoisotopic (exact) mass is 345 g/mol. The first-order valence-corrected chi connectivity index (χ1v) is 9.56. The fourth-order valence-electron chi connectivity index (χ4n) is 3.44. The van der Waals surface area contributed by atoms with Gasteiger partial charge in [-0.1, -0.05) is 6.07 Å². The zero-order valence-electron chi connectivity index (χ0n) is 15.2. The van der Waals surface area contributed by atoms with Gasteiger partial charge < -0.3 is 15.7 Å². The molecule has 1 saturated heterocycles. The maximum absolute atomic E-state index is 10.2. The first-order chi connectivity index (χ1) is 12.2. The molecule has 138 valence electrons. The number of rotatable bonds is 6. The van der Waals surface area contributed by atoms with Crippen LogP contribution in [0.15, 0.2) is 29.4 Å². The molecule has 0 bridgehead atoms. The minimum atomic E-state index is -0.561. The third-order valence-corrected chi connectivity index (χ3v) is 5.20. The van der Waals surface area contributed by atoms with Crippen LogP contribution in [-0.4, -0.2) is 58.8 Å². The molecule has 3 rings (SSSR count). The van der Waals surface area contributed by atoms with Gasteiger partial charge in [-0.15, -0.1) is 0 Å². The number of likely N-dealkylation sites (tertiary alicyclic amines) is 1. The van der Waals surface area contributed by atoms with E-state index in [4.69, 9.17) is 0 Å². The quantitative estimate of drug-likeness (QED) is 0.538. The number of aliphatic imine (C=N–C) groups is 1. The average molecular weight is 345 g/mol. The lowest BCUT2D eigenvalue weighted by Crippen LogP contribution is -2.49. The standard InChI is InChI=1S/C19H31N5O/c1-2-20-18(22-15-19(25)9-5-10-19)23-16-7-12-24(13-8-16)14-17-6-3-4-11-21-17/h3-4,6,11,16,25H,2,5,7-10,12-15H2,1H3,(H2,20,22,23). The van der Waals surface area contributed by atoms with E-state index in [1.165, 1.54) is 0 Å². The summed E-state index contributed by atoms with van der Waals surface area (Å²) in [5, 5.41) is 17.1. The Morgan fingerprint density at radius 2 is 2.16 bits per heavy atom. The van der Waals surface area contributed by atoms with E-state index >= 15 is 0 Å². The summed E-state index contributed by atoms with van der Waals surface area (Å²) in [5.41, 5.74) is 0.576. The van der Waals surface area contributed by atoms with E-state index in [1.807, 2.05) is 18.3 Å². The van der Waals surface area contributed by atoms with Gasteiger partial charge in [0.15, 0.2) is 5.96 Å². The highest BCUT2D eigenvalue weighted by Crippen LogP contribution is 2.31. The van der Waals surface area contributed by atoms with E-state index in [-0.39, 0.29) is 0 Å². The van der Waals surface area contributed by atoms with Crippen molar-refractivity contribution in [1.82, 2.24) is 20.5 Å². The molecule has 1 saturated carbocycles. The molecule has 2 heterocycles. The van der Waals surface area contributed by atoms with Gasteiger partial charge in [0.2, 0.25) is 0 Å². The Morgan fingerprint density at radius 3 is 2.76 bits per heavy atom. The second kappa shape index (κ2) is 8.63. The second-order valence-corrected chi connectivity index (χ2v) is 7.29. The van der Waals surface area contributed by atoms with E-state index in [9.17, 15) is 5.11 Å². The molecule has 6 heteroatoms. The van der Waals surface area contributed by atoms with Crippen LogP contribution in [0, 0.1) is 0 Å². The van der Waals surface area contributed by atoms with Crippen molar-refractivity contribution in [2.24, 2.45) is 4.99 Å². The van der Waals surface area contributed by atoms with Gasteiger partial charge in [-0.25, -0.2) is 0 Å². The van der Waals surface area contributed by atoms with Gasteiger partial charge in [-0.2, -0.15) is 0 Å². The van der Waals surface area contributed by atoms with Gasteiger partial charge in [-0.05, 0) is 51.2 Å². The van der Waals surface area contributed by atoms with Crippen LogP contribution in [0.3, 0.4) is 0 Å². The van der Waals surface area contributed by atoms with Crippen molar-refractivity contribution in [1.29, 1.82) is 0 Å². The van der Waals surface area contributed by atoms with Gasteiger partial charge in [0, 0.05) is 38.4 Å². The van der Waals surface area contributed by atoms with Gasteiger partial charge in [0.1, 0.15) is 0 Å². The van der Waals surface area contributed by atoms with E-state index in [2.05, 4.69) is 38.5 Å². The largest absolute Gasteiger partial charge is 0.388 e. The summed E-state index contributed by atoms with van der Waals surface area (Å²) in [7, 11) is 0. The maximum Gasteiger partial charge on any atom is 0.191 e. The van der Waals surface area contributed by atoms with Crippen molar-refractivity contribution < 1.29 is 5.11 Å². The Labute approximate surface area is 150 Å². The number of guanidine groups is 1. The summed E-state index contributed by atoms with van der Waals surface area (Å²) >= 11 is 0. The molecule has 2 fully saturated rings. The number of piperidine rings is 1. The van der Waals surface area contributed by atoms with E-state index in [0.717, 1.165) is 69.9 Å². The molecule has 0 unspecified atom stereocenters. The molecule has 0 atom stereocenters. The molecule has 0 amide bonds. The fourth-order valence-corrected chi connectivity index (χ4v) is 3.44. The van der Waals surface area contributed by atoms with Crippen LogP contribution < -0.4 is 10.6 Å². The summed E-state index contributed by atoms with van der Waals surface area (Å²) < 4.78 is 0. The number of hydrogen-bond donors (Lipinski definition) is 3. The lowest BCUT2D eigenvalue weighted by atomic mass is 9.80. The summed E-state index contributed by atoms with van der Waals surface area (Å²) in [6.07, 6.45) is 6.93. The number of hydrogen-bond acceptors (Lipinski definition) is 4. The molecule has 1 aromatic heterocycles. The molecule has 3 N–H and O–H groups in total. The van der Waals surface area contributed by atoms with E-state index in [1.54, 1.807) is 0 Å². The van der Waals surface area contributed by atoms with Crippen LogP contribution in [0.2, 0.25) is 0 Å². The molecule has 25 heavy (non-hydrogen) atoms. The lowest BCUT2D eigenvalue weighted by molar-refractivity contribution is -0.0236. The van der Waals surface area contributed by atoms with Crippen LogP contribution in [-0.2, 0) is 6.54 Å². The molecule has 0 aromatic carbocycles. The predicted octanol–water partition coefficient (Wildman–Crippen LogP) is 1.52. The molecule has 0 spiro atoms. The van der Waals surface area contributed by atoms with Crippen molar-refractivity contribution in [2.45, 2.75) is 57.2 Å². The Balaban J connectivity index is 1.45. The predicted molar refractivity (Wildman–Crippen MR) is 100 cm³/mol. The molecule has 2 aliphatic rings. The van der Waals surface area contributed by atoms with Gasteiger partial charge in [0.05, 0.1) is 17.8 Å². The van der Waals surface area contributed by atoms with Gasteiger partial charge in [-0.3, -0.25) is 14.9 Å². The van der Waals surface area contributed by atoms with Crippen LogP contribution in [0.1, 0.15) is 44.7 Å². The SMILES string of the molecule is CCNC(=NCC1(O)CCC1)NC1CCN(Cc2ccccn2)CC1. The number of pyridine rings is 1. The molecule has 6 nitrogen and oxygen atoms in total. The van der Waals surface area contributed by atoms with Crippen LogP contribution >= 0.6 is 0 Å². The Morgan fingerprint density at radius 1 is 1.36 bits per heavy atom. The highest BCUT2D eigenvalue weighted by Gasteiger charge is 2.34. The topological polar surface area (TPSA) is 72.8 Å². The average Bonchev–Trinajstić information content (AvgIpc) is 2.61. The van der Waals surface area contributed by atoms with Crippen molar-refractivity contribution in [2.75, 3.05) is 26.2 Å². The molecular formula is C19H31N5O. The third-order valence-electron chi connectivity index (χ3n) is 5.20. The Hall–Kier alpha value is -1.66. The molecule has 1 aliphatic carbocycles. The summed E-state index contributed by atoms with van der Waals surface area (Å²) in [6, 6.07) is 6.53. The summed E-state index contributed by atoms with van der Waals surface area (Å²) in [6.45, 7) is 6.47. The van der Waals surface area contributed by atoms with Crippen LogP contribution in [0.4, 0.5) is 0 Å². The van der Waals surface area contributed by atoms with Crippen molar-refractivity contribution in [3.63, 3.8) is 0 Å². The van der Waals surface area contributed by atoms with E-state index < -0.39 is 5.60 Å². The fraction of sp³-hybridized carbons (Fsp3) is 0.684. The number of nitrogens with one attached hydrogen (secondary N) is 2. The third kappa shape index (κ3) is 5.41. The Kier molecular flexibility index (Phi) is 6.26. The lowest BCUT2D eigenvalue weighted by Gasteiger charge is -2.36. The number of nitrogens with zero attached hydrogens (tertiary/aromatic N) is 3. The van der Waals surface area contributed by atoms with Crippen LogP contribution in [0.25, 0.3) is 0 Å². The van der Waals surface area contributed by atoms with Crippen LogP contribution in [0.5, 0.6) is 0 Å². The van der Waals surface area contributed by atoms with E-state index in [0.29, 0.717) is 12.6 Å². The van der Waals surface area contributed by atoms with Crippen molar-refractivity contribution in [3.8, 4) is 0 Å². The highest BCUT2D eigenvalue weighted by atomic mass is 16.3. The van der Waals surface area contributed by atoms with Crippen molar-refractivity contribution >= 4 is 5.96 Å². The maximum atomic E-state index is 10.2. The zero-order chi connectivity index (χ0) is 17.5. The molecule has 1 aliphatic heterocycles. The first kappa shape index (κ1) is 18.1. The zero-order valence-corrected chi connectivity index (χ0v) is 15.2. The molecule has 0 radical (unpaired) electrons. The minimum Gasteiger partial charge on any atom is -0.388 e. The van der Waals surface area contributed by atoms with Gasteiger partial charge >= 0.3 is 0 Å².